The number of ether oxygens (including phenoxy) is 1. The lowest BCUT2D eigenvalue weighted by Crippen LogP contribution is -2.38. The van der Waals surface area contributed by atoms with Gasteiger partial charge in [0.15, 0.2) is 5.96 Å². The third-order valence-electron chi connectivity index (χ3n) is 3.06. The molecule has 0 saturated carbocycles. The minimum absolute atomic E-state index is 0. The van der Waals surface area contributed by atoms with Crippen LogP contribution in [-0.2, 0) is 6.42 Å². The van der Waals surface area contributed by atoms with Crippen molar-refractivity contribution < 1.29 is 4.74 Å². The fourth-order valence-electron chi connectivity index (χ4n) is 2.09. The Labute approximate surface area is 131 Å². The van der Waals surface area contributed by atoms with Gasteiger partial charge in [-0.25, -0.2) is 0 Å². The van der Waals surface area contributed by atoms with Gasteiger partial charge in [-0.05, 0) is 43.9 Å². The van der Waals surface area contributed by atoms with Crippen LogP contribution in [0.25, 0.3) is 0 Å². The van der Waals surface area contributed by atoms with Gasteiger partial charge in [-0.15, -0.1) is 17.0 Å². The Morgan fingerprint density at radius 2 is 2.25 bits per heavy atom. The highest BCUT2D eigenvalue weighted by Crippen LogP contribution is 2.13. The fourth-order valence-corrected chi connectivity index (χ4v) is 2.09. The predicted octanol–water partition coefficient (Wildman–Crippen LogP) is 2.53. The normalized spacial score (nSPS) is 14.3. The largest absolute Gasteiger partial charge is 0.494 e. The molecule has 5 heteroatoms. The molecule has 0 fully saturated rings. The van der Waals surface area contributed by atoms with Crippen LogP contribution in [0.1, 0.15) is 25.3 Å². The van der Waals surface area contributed by atoms with Crippen LogP contribution in [-0.4, -0.2) is 32.2 Å². The van der Waals surface area contributed by atoms with Crippen molar-refractivity contribution >= 4 is 22.9 Å². The molecule has 1 aliphatic rings. The zero-order chi connectivity index (χ0) is 13.3. The second-order valence-electron chi connectivity index (χ2n) is 4.62. The lowest BCUT2D eigenvalue weighted by Gasteiger charge is -2.10. The van der Waals surface area contributed by atoms with Crippen molar-refractivity contribution in [1.29, 1.82) is 0 Å². The van der Waals surface area contributed by atoms with E-state index < -0.39 is 0 Å². The summed E-state index contributed by atoms with van der Waals surface area (Å²) in [4.78, 5) is 4.47. The van der Waals surface area contributed by atoms with Crippen molar-refractivity contribution in [3.8, 4) is 5.75 Å². The molecular weight excluding hydrogens is 318 g/mol. The van der Waals surface area contributed by atoms with Crippen LogP contribution in [0.2, 0.25) is 0 Å². The zero-order valence-corrected chi connectivity index (χ0v) is 13.7. The van der Waals surface area contributed by atoms with Gasteiger partial charge >= 0.3 is 0 Å². The molecule has 0 saturated heterocycles. The lowest BCUT2D eigenvalue weighted by molar-refractivity contribution is 0.340. The number of benzene rings is 1. The van der Waals surface area contributed by atoms with E-state index in [1.807, 2.05) is 19.1 Å². The van der Waals surface area contributed by atoms with Crippen molar-refractivity contribution in [3.63, 3.8) is 0 Å². The van der Waals surface area contributed by atoms with Gasteiger partial charge in [0, 0.05) is 19.6 Å². The van der Waals surface area contributed by atoms with E-state index in [-0.39, 0.29) is 17.0 Å². The molecule has 20 heavy (non-hydrogen) atoms. The Balaban J connectivity index is 0.00000200. The van der Waals surface area contributed by atoms with E-state index >= 15 is 0 Å². The minimum atomic E-state index is 0. The third-order valence-corrected chi connectivity index (χ3v) is 3.06. The molecule has 0 radical (unpaired) electrons. The van der Waals surface area contributed by atoms with Gasteiger partial charge in [0.05, 0.1) is 6.61 Å². The molecule has 1 aliphatic heterocycles. The summed E-state index contributed by atoms with van der Waals surface area (Å²) in [6.07, 6.45) is 3.35. The van der Waals surface area contributed by atoms with Crippen LogP contribution in [0.4, 0.5) is 0 Å². The number of aliphatic imine (C=N–C) groups is 1. The third kappa shape index (κ3) is 5.82. The molecular formula is C15H24BrN3O. The first-order valence-electron chi connectivity index (χ1n) is 7.12. The van der Waals surface area contributed by atoms with Crippen LogP contribution < -0.4 is 15.4 Å². The Morgan fingerprint density at radius 1 is 1.35 bits per heavy atom. The van der Waals surface area contributed by atoms with Crippen molar-refractivity contribution in [3.05, 3.63) is 29.8 Å². The van der Waals surface area contributed by atoms with Gasteiger partial charge in [-0.2, -0.15) is 0 Å². The predicted molar refractivity (Wildman–Crippen MR) is 89.2 cm³/mol. The molecule has 112 valence electrons. The number of hydrogen-bond acceptors (Lipinski definition) is 4. The maximum absolute atomic E-state index is 5.50. The van der Waals surface area contributed by atoms with E-state index in [9.17, 15) is 0 Å². The SMILES string of the molecule is Br.CCOc1cccc(CCNC2=NCCCCN2)c1. The van der Waals surface area contributed by atoms with E-state index in [0.29, 0.717) is 6.61 Å². The smallest absolute Gasteiger partial charge is 0.191 e. The molecule has 0 aliphatic carbocycles. The number of guanidine groups is 1. The van der Waals surface area contributed by atoms with Crippen LogP contribution >= 0.6 is 17.0 Å². The average molecular weight is 342 g/mol. The van der Waals surface area contributed by atoms with Crippen molar-refractivity contribution in [2.75, 3.05) is 26.2 Å². The summed E-state index contributed by atoms with van der Waals surface area (Å²) in [5.41, 5.74) is 1.28. The summed E-state index contributed by atoms with van der Waals surface area (Å²) in [5.74, 6) is 1.89. The molecule has 2 N–H and O–H groups in total. The highest BCUT2D eigenvalue weighted by atomic mass is 79.9. The quantitative estimate of drug-likeness (QED) is 0.864. The van der Waals surface area contributed by atoms with Gasteiger partial charge in [0.2, 0.25) is 0 Å². The fraction of sp³-hybridized carbons (Fsp3) is 0.533. The number of hydrogen-bond donors (Lipinski definition) is 2. The molecule has 4 nitrogen and oxygen atoms in total. The topological polar surface area (TPSA) is 45.6 Å². The van der Waals surface area contributed by atoms with Gasteiger partial charge in [-0.3, -0.25) is 4.99 Å². The highest BCUT2D eigenvalue weighted by Gasteiger charge is 2.02. The molecule has 1 aromatic carbocycles. The molecule has 1 aromatic rings. The lowest BCUT2D eigenvalue weighted by atomic mass is 10.1. The molecule has 0 unspecified atom stereocenters. The first kappa shape index (κ1) is 16.8. The van der Waals surface area contributed by atoms with E-state index in [0.717, 1.165) is 37.8 Å². The summed E-state index contributed by atoms with van der Waals surface area (Å²) in [5, 5.41) is 6.67. The van der Waals surface area contributed by atoms with Gasteiger partial charge in [0.25, 0.3) is 0 Å². The number of halogens is 1. The molecule has 0 bridgehead atoms. The van der Waals surface area contributed by atoms with Crippen LogP contribution in [0.15, 0.2) is 29.3 Å². The zero-order valence-electron chi connectivity index (χ0n) is 12.0. The van der Waals surface area contributed by atoms with E-state index in [1.54, 1.807) is 0 Å². The molecule has 0 spiro atoms. The Morgan fingerprint density at radius 3 is 3.10 bits per heavy atom. The van der Waals surface area contributed by atoms with Crippen LogP contribution in [0.5, 0.6) is 5.75 Å². The van der Waals surface area contributed by atoms with E-state index in [4.69, 9.17) is 4.74 Å². The standard InChI is InChI=1S/C15H23N3O.BrH/c1-2-19-14-7-5-6-13(12-14)8-11-18-15-16-9-3-4-10-17-15;/h5-7,12H,2-4,8-11H2,1H3,(H2,16,17,18);1H. The number of nitrogens with zero attached hydrogens (tertiary/aromatic N) is 1. The van der Waals surface area contributed by atoms with Crippen LogP contribution in [0.3, 0.4) is 0 Å². The first-order chi connectivity index (χ1) is 9.38. The second kappa shape index (κ2) is 9.64. The Bertz CT molecular complexity index is 423. The average Bonchev–Trinajstić information content (AvgIpc) is 2.68. The van der Waals surface area contributed by atoms with Crippen molar-refractivity contribution in [2.45, 2.75) is 26.2 Å². The Kier molecular flexibility index (Phi) is 8.11. The minimum Gasteiger partial charge on any atom is -0.494 e. The maximum atomic E-state index is 5.50. The summed E-state index contributed by atoms with van der Waals surface area (Å²) in [6, 6.07) is 8.28. The first-order valence-corrected chi connectivity index (χ1v) is 7.12. The summed E-state index contributed by atoms with van der Waals surface area (Å²) >= 11 is 0. The van der Waals surface area contributed by atoms with E-state index in [2.05, 4.69) is 27.8 Å². The molecule has 2 rings (SSSR count). The van der Waals surface area contributed by atoms with Gasteiger partial charge in [-0.1, -0.05) is 12.1 Å². The van der Waals surface area contributed by atoms with Crippen LogP contribution in [0, 0.1) is 0 Å². The maximum Gasteiger partial charge on any atom is 0.191 e. The van der Waals surface area contributed by atoms with Crippen molar-refractivity contribution in [2.24, 2.45) is 4.99 Å². The summed E-state index contributed by atoms with van der Waals surface area (Å²) in [7, 11) is 0. The van der Waals surface area contributed by atoms with Gasteiger partial charge in [0.1, 0.15) is 5.75 Å². The molecule has 0 aromatic heterocycles. The van der Waals surface area contributed by atoms with Gasteiger partial charge < -0.3 is 15.4 Å². The highest BCUT2D eigenvalue weighted by molar-refractivity contribution is 8.93. The Hall–Kier alpha value is -1.23. The molecule has 0 atom stereocenters. The second-order valence-corrected chi connectivity index (χ2v) is 4.62. The van der Waals surface area contributed by atoms with E-state index in [1.165, 1.54) is 18.4 Å². The van der Waals surface area contributed by atoms with Crippen molar-refractivity contribution in [1.82, 2.24) is 10.6 Å². The number of rotatable bonds is 5. The monoisotopic (exact) mass is 341 g/mol. The summed E-state index contributed by atoms with van der Waals surface area (Å²) in [6.45, 7) is 5.55. The molecule has 0 amide bonds. The molecule has 1 heterocycles. The number of nitrogens with one attached hydrogen (secondary N) is 2. The summed E-state index contributed by atoms with van der Waals surface area (Å²) < 4.78 is 5.50.